The Kier molecular flexibility index (Phi) is 35.3. The summed E-state index contributed by atoms with van der Waals surface area (Å²) in [6.45, 7) is 5.76. The molecule has 0 aromatic rings. The van der Waals surface area contributed by atoms with Gasteiger partial charge in [-0.2, -0.15) is 0 Å². The molecule has 0 radical (unpaired) electrons. The summed E-state index contributed by atoms with van der Waals surface area (Å²) in [6, 6.07) is 0. The van der Waals surface area contributed by atoms with E-state index in [2.05, 4.69) is 26.0 Å². The second-order valence-corrected chi connectivity index (χ2v) is 18.6. The number of carbonyl (C=O) groups excluding carboxylic acids is 2. The number of allylic oxidation sites excluding steroid dienone is 2. The Morgan fingerprint density at radius 2 is 0.926 bits per heavy atom. The number of hydrogen-bond acceptors (Lipinski definition) is 7. The zero-order valence-corrected chi connectivity index (χ0v) is 37.3. The highest BCUT2D eigenvalue weighted by molar-refractivity contribution is 7.51. The van der Waals surface area contributed by atoms with E-state index in [9.17, 15) is 19.0 Å². The lowest BCUT2D eigenvalue weighted by Gasteiger charge is -2.41. The summed E-state index contributed by atoms with van der Waals surface area (Å²) in [5, 5.41) is 0. The van der Waals surface area contributed by atoms with Gasteiger partial charge in [-0.15, -0.1) is 0 Å². The molecule has 0 fully saturated rings. The number of unbranched alkanes of at least 4 members (excludes halogenated alkanes) is 25. The van der Waals surface area contributed by atoms with Crippen molar-refractivity contribution < 1.29 is 37.5 Å². The first-order chi connectivity index (χ1) is 26.0. The maximum atomic E-state index is 13.1. The highest BCUT2D eigenvalue weighted by atomic mass is 31.2. The first-order valence-corrected chi connectivity index (χ1v) is 24.4. The molecule has 0 rings (SSSR count). The summed E-state index contributed by atoms with van der Waals surface area (Å²) in [4.78, 5) is 38.4. The fraction of sp³-hybridized carbons (Fsp3) is 0.911. The van der Waals surface area contributed by atoms with Crippen molar-refractivity contribution >= 4 is 19.5 Å². The average Bonchev–Trinajstić information content (AvgIpc) is 3.12. The first kappa shape index (κ1) is 52.8. The van der Waals surface area contributed by atoms with Gasteiger partial charge in [0.25, 0.3) is 0 Å². The lowest BCUT2D eigenvalue weighted by Crippen LogP contribution is -2.47. The SMILES string of the molecule is CCCCCCC/C=C\CCCCCCCCC(=O)O[C@H](COC(=O)CCCCCCCCCCCCCCCCC)COP(=O)([O-])C(CC)[N+](C)(C)C. The van der Waals surface area contributed by atoms with Gasteiger partial charge in [-0.3, -0.25) is 9.59 Å². The number of carbonyl (C=O) groups is 2. The normalized spacial score (nSPS) is 14.3. The first-order valence-electron chi connectivity index (χ1n) is 22.7. The van der Waals surface area contributed by atoms with E-state index in [1.807, 2.05) is 28.1 Å². The monoisotopic (exact) mass is 786 g/mol. The van der Waals surface area contributed by atoms with E-state index in [0.717, 1.165) is 44.9 Å². The maximum absolute atomic E-state index is 13.1. The van der Waals surface area contributed by atoms with Gasteiger partial charge in [0.05, 0.1) is 27.7 Å². The van der Waals surface area contributed by atoms with Crippen LogP contribution in [0, 0.1) is 0 Å². The predicted octanol–water partition coefficient (Wildman–Crippen LogP) is 12.8. The van der Waals surface area contributed by atoms with Gasteiger partial charge in [0.1, 0.15) is 6.61 Å². The quantitative estimate of drug-likeness (QED) is 0.0200. The molecule has 0 saturated heterocycles. The summed E-state index contributed by atoms with van der Waals surface area (Å²) in [7, 11) is 1.16. The molecule has 0 spiro atoms. The molecule has 0 aliphatic rings. The molecule has 0 aromatic carbocycles. The molecule has 0 aliphatic carbocycles. The Balaban J connectivity index is 4.43. The summed E-state index contributed by atoms with van der Waals surface area (Å²) in [5.74, 6) is -1.51. The molecule has 0 bridgehead atoms. The molecule has 8 nitrogen and oxygen atoms in total. The van der Waals surface area contributed by atoms with Gasteiger partial charge in [-0.1, -0.05) is 174 Å². The number of rotatable bonds is 40. The van der Waals surface area contributed by atoms with E-state index in [4.69, 9.17) is 14.0 Å². The molecule has 0 N–H and O–H groups in total. The Morgan fingerprint density at radius 1 is 0.556 bits per heavy atom. The number of esters is 2. The van der Waals surface area contributed by atoms with Gasteiger partial charge in [0.2, 0.25) is 0 Å². The van der Waals surface area contributed by atoms with Crippen molar-refractivity contribution in [3.8, 4) is 0 Å². The Hall–Kier alpha value is -1.21. The molecule has 2 unspecified atom stereocenters. The van der Waals surface area contributed by atoms with E-state index in [1.165, 1.54) is 128 Å². The molecule has 9 heteroatoms. The second kappa shape index (κ2) is 36.2. The van der Waals surface area contributed by atoms with Crippen LogP contribution in [0.1, 0.15) is 220 Å². The van der Waals surface area contributed by atoms with Gasteiger partial charge in [-0.05, 0) is 38.5 Å². The zero-order valence-electron chi connectivity index (χ0n) is 36.4. The number of nitrogens with zero attached hydrogens (tertiary/aromatic N) is 1. The molecule has 54 heavy (non-hydrogen) atoms. The van der Waals surface area contributed by atoms with Crippen molar-refractivity contribution in [1.82, 2.24) is 0 Å². The van der Waals surface area contributed by atoms with Gasteiger partial charge in [0.15, 0.2) is 19.5 Å². The number of ether oxygens (including phenoxy) is 2. The van der Waals surface area contributed by atoms with Crippen molar-refractivity contribution in [3.05, 3.63) is 12.2 Å². The van der Waals surface area contributed by atoms with Crippen LogP contribution in [0.3, 0.4) is 0 Å². The molecule has 0 amide bonds. The van der Waals surface area contributed by atoms with Crippen LogP contribution < -0.4 is 4.89 Å². The fourth-order valence-electron chi connectivity index (χ4n) is 7.07. The Labute approximate surface area is 334 Å². The van der Waals surface area contributed by atoms with Crippen molar-refractivity contribution in [2.24, 2.45) is 0 Å². The lowest BCUT2D eigenvalue weighted by atomic mass is 10.0. The average molecular weight is 786 g/mol. The molecule has 0 aromatic heterocycles. The highest BCUT2D eigenvalue weighted by Crippen LogP contribution is 2.47. The summed E-state index contributed by atoms with van der Waals surface area (Å²) >= 11 is 0. The van der Waals surface area contributed by atoms with Crippen LogP contribution in [0.5, 0.6) is 0 Å². The number of quaternary nitrogens is 1. The van der Waals surface area contributed by atoms with Crippen LogP contribution in [0.2, 0.25) is 0 Å². The van der Waals surface area contributed by atoms with Crippen LogP contribution in [-0.2, 0) is 28.2 Å². The third-order valence-electron chi connectivity index (χ3n) is 10.4. The molecule has 3 atom stereocenters. The standard InChI is InChI=1S/C45H88NO7P/c1-7-10-12-14-16-18-20-22-24-26-28-30-32-34-36-38-44(47)51-40-42(41-52-54(49,50)43(9-3)46(4,5)6)53-45(48)39-37-35-33-31-29-27-25-23-21-19-17-15-13-11-8-2/h21,23,42-43H,7-20,22,24-41H2,1-6H3/b23-21-/t42-,43?/m1/s1. The minimum atomic E-state index is -4.28. The Bertz CT molecular complexity index is 951. The van der Waals surface area contributed by atoms with Crippen LogP contribution in [0.15, 0.2) is 12.2 Å². The van der Waals surface area contributed by atoms with Crippen LogP contribution >= 0.6 is 7.60 Å². The van der Waals surface area contributed by atoms with Gasteiger partial charge in [0, 0.05) is 19.3 Å². The van der Waals surface area contributed by atoms with Gasteiger partial charge in [-0.25, -0.2) is 0 Å². The van der Waals surface area contributed by atoms with Crippen LogP contribution in [-0.4, -0.2) is 62.7 Å². The maximum Gasteiger partial charge on any atom is 0.306 e. The van der Waals surface area contributed by atoms with E-state index in [-0.39, 0.29) is 30.1 Å². The second-order valence-electron chi connectivity index (χ2n) is 16.7. The minimum absolute atomic E-state index is 0.200. The third kappa shape index (κ3) is 33.0. The molecular weight excluding hydrogens is 697 g/mol. The molecule has 320 valence electrons. The van der Waals surface area contributed by atoms with Crippen molar-refractivity contribution in [2.75, 3.05) is 34.4 Å². The number of hydrogen-bond donors (Lipinski definition) is 0. The largest absolute Gasteiger partial charge is 0.774 e. The topological polar surface area (TPSA) is 102 Å². The van der Waals surface area contributed by atoms with Crippen molar-refractivity contribution in [1.29, 1.82) is 0 Å². The summed E-state index contributed by atoms with van der Waals surface area (Å²) in [6.07, 6.45) is 38.7. The molecular formula is C45H88NO7P. The van der Waals surface area contributed by atoms with Crippen LogP contribution in [0.4, 0.5) is 0 Å². The summed E-state index contributed by atoms with van der Waals surface area (Å²) in [5.41, 5.74) is 0. The van der Waals surface area contributed by atoms with Gasteiger partial charge >= 0.3 is 11.9 Å². The van der Waals surface area contributed by atoms with E-state index in [0.29, 0.717) is 19.3 Å². The smallest absolute Gasteiger partial charge is 0.306 e. The zero-order chi connectivity index (χ0) is 40.2. The van der Waals surface area contributed by atoms with Crippen molar-refractivity contribution in [3.63, 3.8) is 0 Å². The lowest BCUT2D eigenvalue weighted by molar-refractivity contribution is -0.884. The predicted molar refractivity (Wildman–Crippen MR) is 226 cm³/mol. The van der Waals surface area contributed by atoms with Crippen LogP contribution in [0.25, 0.3) is 0 Å². The molecule has 0 heterocycles. The van der Waals surface area contributed by atoms with Gasteiger partial charge < -0.3 is 27.9 Å². The molecule has 0 aliphatic heterocycles. The summed E-state index contributed by atoms with van der Waals surface area (Å²) < 4.78 is 29.8. The molecule has 0 saturated carbocycles. The highest BCUT2D eigenvalue weighted by Gasteiger charge is 2.34. The van der Waals surface area contributed by atoms with E-state index in [1.54, 1.807) is 0 Å². The van der Waals surface area contributed by atoms with E-state index >= 15 is 0 Å². The van der Waals surface area contributed by atoms with E-state index < -0.39 is 25.5 Å². The van der Waals surface area contributed by atoms with Crippen molar-refractivity contribution in [2.45, 2.75) is 232 Å². The Morgan fingerprint density at radius 3 is 1.31 bits per heavy atom. The third-order valence-corrected chi connectivity index (χ3v) is 12.7. The minimum Gasteiger partial charge on any atom is -0.774 e. The fourth-order valence-corrected chi connectivity index (χ4v) is 8.91.